The predicted molar refractivity (Wildman–Crippen MR) is 85.6 cm³/mol. The van der Waals surface area contributed by atoms with E-state index in [4.69, 9.17) is 9.47 Å². The Hall–Kier alpha value is -1.04. The third-order valence-electron chi connectivity index (χ3n) is 4.02. The highest BCUT2D eigenvalue weighted by molar-refractivity contribution is 7.90. The van der Waals surface area contributed by atoms with E-state index in [1.54, 1.807) is 0 Å². The lowest BCUT2D eigenvalue weighted by molar-refractivity contribution is 0.0729. The summed E-state index contributed by atoms with van der Waals surface area (Å²) in [5.41, 5.74) is 0. The molecule has 0 aromatic heterocycles. The molecule has 0 radical (unpaired) electrons. The summed E-state index contributed by atoms with van der Waals surface area (Å²) in [6.45, 7) is 2.42. The van der Waals surface area contributed by atoms with E-state index in [9.17, 15) is 16.8 Å². The molecule has 2 fully saturated rings. The van der Waals surface area contributed by atoms with Crippen molar-refractivity contribution in [2.45, 2.75) is 9.79 Å². The quantitative estimate of drug-likeness (QED) is 0.718. The van der Waals surface area contributed by atoms with Gasteiger partial charge in [-0.1, -0.05) is 6.07 Å². The van der Waals surface area contributed by atoms with E-state index in [1.165, 1.54) is 32.9 Å². The van der Waals surface area contributed by atoms with E-state index in [0.29, 0.717) is 26.4 Å². The average molecular weight is 376 g/mol. The van der Waals surface area contributed by atoms with Gasteiger partial charge in [0.25, 0.3) is 0 Å². The van der Waals surface area contributed by atoms with Gasteiger partial charge in [0.05, 0.1) is 36.2 Å². The van der Waals surface area contributed by atoms with Crippen molar-refractivity contribution in [3.63, 3.8) is 0 Å². The molecule has 1 aromatic rings. The normalized spacial score (nSPS) is 21.7. The van der Waals surface area contributed by atoms with Gasteiger partial charge in [0, 0.05) is 26.2 Å². The number of benzene rings is 1. The van der Waals surface area contributed by atoms with Crippen molar-refractivity contribution < 1.29 is 26.3 Å². The second-order valence-corrected chi connectivity index (χ2v) is 9.38. The summed E-state index contributed by atoms with van der Waals surface area (Å²) in [4.78, 5) is -0.0301. The summed E-state index contributed by atoms with van der Waals surface area (Å²) in [6.07, 6.45) is 0. The molecule has 0 aliphatic carbocycles. The van der Waals surface area contributed by atoms with Crippen LogP contribution in [0.4, 0.5) is 0 Å². The molecule has 0 saturated carbocycles. The van der Waals surface area contributed by atoms with E-state index in [0.717, 1.165) is 0 Å². The highest BCUT2D eigenvalue weighted by atomic mass is 32.2. The number of ether oxygens (including phenoxy) is 2. The first-order chi connectivity index (χ1) is 11.4. The Morgan fingerprint density at radius 2 is 1.08 bits per heavy atom. The van der Waals surface area contributed by atoms with E-state index < -0.39 is 20.0 Å². The molecule has 8 nitrogen and oxygen atoms in total. The van der Waals surface area contributed by atoms with Gasteiger partial charge in [0.2, 0.25) is 20.0 Å². The van der Waals surface area contributed by atoms with Crippen LogP contribution in [-0.2, 0) is 29.5 Å². The van der Waals surface area contributed by atoms with Crippen LogP contribution in [0.1, 0.15) is 0 Å². The lowest BCUT2D eigenvalue weighted by Crippen LogP contribution is -2.41. The minimum atomic E-state index is -3.73. The van der Waals surface area contributed by atoms with E-state index in [2.05, 4.69) is 0 Å². The molecule has 0 N–H and O–H groups in total. The maximum absolute atomic E-state index is 12.7. The van der Waals surface area contributed by atoms with Crippen LogP contribution in [0, 0.1) is 0 Å². The number of hydrogen-bond acceptors (Lipinski definition) is 6. The second-order valence-electron chi connectivity index (χ2n) is 5.51. The summed E-state index contributed by atoms with van der Waals surface area (Å²) >= 11 is 0. The Morgan fingerprint density at radius 3 is 1.46 bits per heavy atom. The SMILES string of the molecule is O=S(=O)(c1cccc(S(=O)(=O)N2CCOCC2)c1)N1CCOCC1. The summed E-state index contributed by atoms with van der Waals surface area (Å²) in [6, 6.07) is 5.53. The van der Waals surface area contributed by atoms with Crippen molar-refractivity contribution in [2.24, 2.45) is 0 Å². The minimum absolute atomic E-state index is 0.0151. The van der Waals surface area contributed by atoms with E-state index in [1.807, 2.05) is 0 Å². The van der Waals surface area contributed by atoms with E-state index in [-0.39, 0.29) is 36.0 Å². The molecule has 0 bridgehead atoms. The van der Waals surface area contributed by atoms with Gasteiger partial charge in [0.1, 0.15) is 0 Å². The van der Waals surface area contributed by atoms with Crippen LogP contribution in [0.15, 0.2) is 34.1 Å². The fourth-order valence-corrected chi connectivity index (χ4v) is 5.65. The molecular formula is C14H20N2O6S2. The first-order valence-corrected chi connectivity index (χ1v) is 10.6. The molecule has 1 aromatic carbocycles. The molecule has 134 valence electrons. The van der Waals surface area contributed by atoms with Gasteiger partial charge in [-0.15, -0.1) is 0 Å². The van der Waals surface area contributed by atoms with Gasteiger partial charge in [-0.3, -0.25) is 0 Å². The standard InChI is InChI=1S/C14H20N2O6S2/c17-23(18,15-4-8-21-9-5-15)13-2-1-3-14(12-13)24(19,20)16-6-10-22-11-7-16/h1-3,12H,4-11H2. The monoisotopic (exact) mass is 376 g/mol. The van der Waals surface area contributed by atoms with Crippen molar-refractivity contribution in [1.82, 2.24) is 8.61 Å². The third-order valence-corrected chi connectivity index (χ3v) is 7.81. The average Bonchev–Trinajstić information content (AvgIpc) is 2.63. The molecule has 3 rings (SSSR count). The molecule has 2 heterocycles. The van der Waals surface area contributed by atoms with Crippen LogP contribution in [0.2, 0.25) is 0 Å². The van der Waals surface area contributed by atoms with Crippen molar-refractivity contribution in [1.29, 1.82) is 0 Å². The Morgan fingerprint density at radius 1 is 0.708 bits per heavy atom. The summed E-state index contributed by atoms with van der Waals surface area (Å²) in [5.74, 6) is 0. The largest absolute Gasteiger partial charge is 0.379 e. The number of hydrogen-bond donors (Lipinski definition) is 0. The minimum Gasteiger partial charge on any atom is -0.379 e. The summed E-state index contributed by atoms with van der Waals surface area (Å²) in [5, 5.41) is 0. The van der Waals surface area contributed by atoms with Gasteiger partial charge in [-0.25, -0.2) is 16.8 Å². The molecule has 0 atom stereocenters. The Labute approximate surface area is 142 Å². The van der Waals surface area contributed by atoms with Crippen molar-refractivity contribution in [2.75, 3.05) is 52.6 Å². The Bertz CT molecular complexity index is 718. The lowest BCUT2D eigenvalue weighted by Gasteiger charge is -2.27. The molecule has 24 heavy (non-hydrogen) atoms. The molecule has 0 amide bonds. The van der Waals surface area contributed by atoms with Crippen molar-refractivity contribution >= 4 is 20.0 Å². The van der Waals surface area contributed by atoms with Gasteiger partial charge >= 0.3 is 0 Å². The van der Waals surface area contributed by atoms with Gasteiger partial charge in [-0.05, 0) is 18.2 Å². The third kappa shape index (κ3) is 3.48. The molecule has 2 saturated heterocycles. The zero-order chi connectivity index (χ0) is 17.2. The van der Waals surface area contributed by atoms with Gasteiger partial charge in [0.15, 0.2) is 0 Å². The Balaban J connectivity index is 1.91. The zero-order valence-corrected chi connectivity index (χ0v) is 14.8. The van der Waals surface area contributed by atoms with Gasteiger partial charge in [-0.2, -0.15) is 8.61 Å². The van der Waals surface area contributed by atoms with Crippen LogP contribution < -0.4 is 0 Å². The number of rotatable bonds is 4. The van der Waals surface area contributed by atoms with Gasteiger partial charge < -0.3 is 9.47 Å². The summed E-state index contributed by atoms with van der Waals surface area (Å²) in [7, 11) is -7.46. The highest BCUT2D eigenvalue weighted by Gasteiger charge is 2.30. The molecule has 2 aliphatic rings. The maximum atomic E-state index is 12.7. The highest BCUT2D eigenvalue weighted by Crippen LogP contribution is 2.23. The number of morpholine rings is 2. The predicted octanol–water partition coefficient (Wildman–Crippen LogP) is -0.272. The Kier molecular flexibility index (Phi) is 5.23. The number of nitrogens with zero attached hydrogens (tertiary/aromatic N) is 2. The molecule has 2 aliphatic heterocycles. The molecule has 0 spiro atoms. The van der Waals surface area contributed by atoms with E-state index >= 15 is 0 Å². The first-order valence-electron chi connectivity index (χ1n) is 7.68. The molecular weight excluding hydrogens is 356 g/mol. The van der Waals surface area contributed by atoms with Crippen LogP contribution >= 0.6 is 0 Å². The lowest BCUT2D eigenvalue weighted by atomic mass is 10.4. The van der Waals surface area contributed by atoms with Crippen molar-refractivity contribution in [3.05, 3.63) is 24.3 Å². The summed E-state index contributed by atoms with van der Waals surface area (Å²) < 4.78 is 63.7. The molecule has 0 unspecified atom stereocenters. The van der Waals surface area contributed by atoms with Crippen molar-refractivity contribution in [3.8, 4) is 0 Å². The fraction of sp³-hybridized carbons (Fsp3) is 0.571. The van der Waals surface area contributed by atoms with Crippen LogP contribution in [-0.4, -0.2) is 78.1 Å². The van der Waals surface area contributed by atoms with Crippen LogP contribution in [0.5, 0.6) is 0 Å². The maximum Gasteiger partial charge on any atom is 0.243 e. The smallest absolute Gasteiger partial charge is 0.243 e. The molecule has 10 heteroatoms. The van der Waals surface area contributed by atoms with Crippen LogP contribution in [0.25, 0.3) is 0 Å². The second kappa shape index (κ2) is 7.06. The fourth-order valence-electron chi connectivity index (χ4n) is 2.67. The topological polar surface area (TPSA) is 93.2 Å². The first kappa shape index (κ1) is 17.8. The zero-order valence-electron chi connectivity index (χ0n) is 13.1. The number of sulfonamides is 2. The van der Waals surface area contributed by atoms with Crippen LogP contribution in [0.3, 0.4) is 0 Å².